The lowest BCUT2D eigenvalue weighted by molar-refractivity contribution is 0.686. The third-order valence-corrected chi connectivity index (χ3v) is 7.08. The molecule has 0 aliphatic rings. The van der Waals surface area contributed by atoms with Gasteiger partial charge in [-0.15, -0.1) is 0 Å². The molecule has 22 heavy (non-hydrogen) atoms. The summed E-state index contributed by atoms with van der Waals surface area (Å²) in [5, 5.41) is 4.74. The molecule has 2 aromatic rings. The highest BCUT2D eigenvalue weighted by Gasteiger charge is 1.96. The third-order valence-electron chi connectivity index (χ3n) is 3.76. The molecule has 0 aliphatic heterocycles. The van der Waals surface area contributed by atoms with E-state index in [1.54, 1.807) is 5.17 Å². The molecule has 0 unspecified atom stereocenters. The smallest absolute Gasteiger partial charge is 0.0327 e. The second-order valence-electron chi connectivity index (χ2n) is 5.68. The zero-order chi connectivity index (χ0) is 15.5. The standard InChI is InChI=1S/C20H26Si2/c1-2-3-4-7-16-20(22-19-14-10-6-11-15-19)17-21-18-12-8-5-9-13-18/h5-6,8-15,17,21-22H,2-4,7,16H2,1H3. The lowest BCUT2D eigenvalue weighted by Crippen LogP contribution is -2.20. The van der Waals surface area contributed by atoms with E-state index in [-0.39, 0.29) is 18.3 Å². The molecule has 0 fully saturated rings. The normalized spacial score (nSPS) is 12.0. The molecule has 2 aromatic carbocycles. The van der Waals surface area contributed by atoms with Crippen LogP contribution in [0, 0.1) is 0 Å². The van der Waals surface area contributed by atoms with Crippen molar-refractivity contribution in [2.45, 2.75) is 39.0 Å². The van der Waals surface area contributed by atoms with E-state index in [1.165, 1.54) is 42.5 Å². The van der Waals surface area contributed by atoms with Crippen LogP contribution in [0.4, 0.5) is 0 Å². The zero-order valence-corrected chi connectivity index (χ0v) is 15.9. The largest absolute Gasteiger partial charge is 0.0813 e. The average Bonchev–Trinajstić information content (AvgIpc) is 2.58. The van der Waals surface area contributed by atoms with Gasteiger partial charge in [0.25, 0.3) is 0 Å². The summed E-state index contributed by atoms with van der Waals surface area (Å²) in [5.74, 6) is 0. The molecule has 0 heterocycles. The minimum Gasteiger partial charge on any atom is -0.0813 e. The van der Waals surface area contributed by atoms with Gasteiger partial charge in [0.15, 0.2) is 0 Å². The molecular formula is C20H26Si2. The first-order chi connectivity index (χ1) is 10.9. The van der Waals surface area contributed by atoms with Crippen LogP contribution in [-0.2, 0) is 0 Å². The van der Waals surface area contributed by atoms with E-state index in [1.807, 2.05) is 0 Å². The first kappa shape index (κ1) is 17.0. The van der Waals surface area contributed by atoms with Crippen LogP contribution >= 0.6 is 0 Å². The third kappa shape index (κ3) is 6.58. The molecule has 114 valence electrons. The van der Waals surface area contributed by atoms with Crippen LogP contribution in [0.25, 0.3) is 0 Å². The lowest BCUT2D eigenvalue weighted by Gasteiger charge is -2.04. The lowest BCUT2D eigenvalue weighted by atomic mass is 10.1. The summed E-state index contributed by atoms with van der Waals surface area (Å²) < 4.78 is 0. The predicted octanol–water partition coefficient (Wildman–Crippen LogP) is 2.46. The summed E-state index contributed by atoms with van der Waals surface area (Å²) in [4.78, 5) is 0. The second-order valence-corrected chi connectivity index (χ2v) is 8.71. The van der Waals surface area contributed by atoms with E-state index in [0.717, 1.165) is 0 Å². The number of hydrogen-bond acceptors (Lipinski definition) is 0. The van der Waals surface area contributed by atoms with Crippen molar-refractivity contribution in [2.24, 2.45) is 0 Å². The van der Waals surface area contributed by atoms with Crippen LogP contribution in [0.2, 0.25) is 0 Å². The van der Waals surface area contributed by atoms with Gasteiger partial charge >= 0.3 is 0 Å². The fourth-order valence-electron chi connectivity index (χ4n) is 2.49. The summed E-state index contributed by atoms with van der Waals surface area (Å²) in [6.07, 6.45) is 6.72. The van der Waals surface area contributed by atoms with Gasteiger partial charge in [0, 0.05) is 18.3 Å². The van der Waals surface area contributed by atoms with Crippen molar-refractivity contribution in [1.29, 1.82) is 0 Å². The van der Waals surface area contributed by atoms with Crippen molar-refractivity contribution in [1.82, 2.24) is 0 Å². The highest BCUT2D eigenvalue weighted by atomic mass is 28.2. The van der Waals surface area contributed by atoms with Gasteiger partial charge in [0.2, 0.25) is 0 Å². The molecule has 0 N–H and O–H groups in total. The van der Waals surface area contributed by atoms with Crippen molar-refractivity contribution in [3.63, 3.8) is 0 Å². The Hall–Kier alpha value is -1.39. The second kappa shape index (κ2) is 10.4. The van der Waals surface area contributed by atoms with Crippen LogP contribution in [0.5, 0.6) is 0 Å². The molecule has 2 heteroatoms. The fraction of sp³-hybridized carbons (Fsp3) is 0.300. The highest BCUT2D eigenvalue weighted by molar-refractivity contribution is 6.86. The van der Waals surface area contributed by atoms with E-state index >= 15 is 0 Å². The number of unbranched alkanes of at least 4 members (excludes halogenated alkanes) is 3. The predicted molar refractivity (Wildman–Crippen MR) is 106 cm³/mol. The van der Waals surface area contributed by atoms with Crippen LogP contribution in [-0.4, -0.2) is 29.1 Å². The Kier molecular flexibility index (Phi) is 7.99. The van der Waals surface area contributed by atoms with Gasteiger partial charge in [0.05, 0.1) is 0 Å². The van der Waals surface area contributed by atoms with Crippen LogP contribution in [0.15, 0.2) is 60.7 Å². The van der Waals surface area contributed by atoms with Gasteiger partial charge in [-0.05, 0) is 23.2 Å². The number of benzene rings is 2. The highest BCUT2D eigenvalue weighted by Crippen LogP contribution is 2.02. The Balaban J connectivity index is 2.07. The van der Waals surface area contributed by atoms with Gasteiger partial charge in [-0.3, -0.25) is 0 Å². The van der Waals surface area contributed by atoms with Crippen LogP contribution < -0.4 is 10.4 Å². The molecule has 0 saturated carbocycles. The minimum atomic E-state index is 0.276. The molecule has 0 saturated heterocycles. The van der Waals surface area contributed by atoms with Crippen molar-refractivity contribution in [3.05, 3.63) is 60.7 Å². The van der Waals surface area contributed by atoms with E-state index in [4.69, 9.17) is 0 Å². The molecule has 0 spiro atoms. The Bertz CT molecular complexity index is 586. The van der Waals surface area contributed by atoms with E-state index in [2.05, 4.69) is 73.3 Å². The summed E-state index contributed by atoms with van der Waals surface area (Å²) in [5.41, 5.74) is 2.57. The van der Waals surface area contributed by atoms with E-state index in [9.17, 15) is 0 Å². The summed E-state index contributed by atoms with van der Waals surface area (Å²) in [6, 6.07) is 22.0. The monoisotopic (exact) mass is 322 g/mol. The number of hydrogen-bond donors (Lipinski definition) is 0. The Morgan fingerprint density at radius 3 is 2.09 bits per heavy atom. The van der Waals surface area contributed by atoms with Gasteiger partial charge in [-0.1, -0.05) is 97.7 Å². The van der Waals surface area contributed by atoms with E-state index < -0.39 is 0 Å². The summed E-state index contributed by atoms with van der Waals surface area (Å²) >= 11 is 0. The molecule has 0 bridgehead atoms. The van der Waals surface area contributed by atoms with Crippen molar-refractivity contribution < 1.29 is 0 Å². The average molecular weight is 323 g/mol. The topological polar surface area (TPSA) is 0 Å². The maximum atomic E-state index is 2.57. The molecule has 0 aromatic heterocycles. The van der Waals surface area contributed by atoms with E-state index in [0.29, 0.717) is 0 Å². The number of rotatable bonds is 8. The van der Waals surface area contributed by atoms with Gasteiger partial charge in [0.1, 0.15) is 0 Å². The first-order valence-electron chi connectivity index (χ1n) is 8.37. The maximum Gasteiger partial charge on any atom is 0.0327 e. The Labute approximate surface area is 139 Å². The zero-order valence-electron chi connectivity index (χ0n) is 13.5. The Morgan fingerprint density at radius 1 is 0.818 bits per heavy atom. The maximum absolute atomic E-state index is 2.57. The Morgan fingerprint density at radius 2 is 1.45 bits per heavy atom. The summed E-state index contributed by atoms with van der Waals surface area (Å²) in [7, 11) is 0.564. The molecule has 2 rings (SSSR count). The van der Waals surface area contributed by atoms with Crippen molar-refractivity contribution in [2.75, 3.05) is 0 Å². The quantitative estimate of drug-likeness (QED) is 0.517. The van der Waals surface area contributed by atoms with Crippen molar-refractivity contribution in [3.8, 4) is 0 Å². The molecule has 0 amide bonds. The SMILES string of the molecule is CCCCCCC(C=[SiH]c1ccccc1)=[SiH]c1ccccc1. The minimum absolute atomic E-state index is 0.276. The van der Waals surface area contributed by atoms with Gasteiger partial charge in [-0.25, -0.2) is 0 Å². The van der Waals surface area contributed by atoms with Crippen LogP contribution in [0.1, 0.15) is 39.0 Å². The van der Waals surface area contributed by atoms with Gasteiger partial charge < -0.3 is 0 Å². The van der Waals surface area contributed by atoms with Crippen molar-refractivity contribution >= 4 is 39.5 Å². The molecule has 0 radical (unpaired) electrons. The molecular weight excluding hydrogens is 296 g/mol. The van der Waals surface area contributed by atoms with Crippen LogP contribution in [0.3, 0.4) is 0 Å². The first-order valence-corrected chi connectivity index (χ1v) is 10.8. The molecule has 0 nitrogen and oxygen atoms in total. The molecule has 0 atom stereocenters. The summed E-state index contributed by atoms with van der Waals surface area (Å²) in [6.45, 7) is 2.28. The molecule has 0 aliphatic carbocycles. The fourth-order valence-corrected chi connectivity index (χ4v) is 5.37. The van der Waals surface area contributed by atoms with Gasteiger partial charge in [-0.2, -0.15) is 0 Å².